The lowest BCUT2D eigenvalue weighted by atomic mass is 10.0. The first-order valence-corrected chi connectivity index (χ1v) is 7.88. The van der Waals surface area contributed by atoms with E-state index in [2.05, 4.69) is 33.1 Å². The molecule has 106 valence electrons. The van der Waals surface area contributed by atoms with Gasteiger partial charge in [-0.25, -0.2) is 4.39 Å². The summed E-state index contributed by atoms with van der Waals surface area (Å²) in [4.78, 5) is 2.42. The van der Waals surface area contributed by atoms with Crippen LogP contribution in [-0.2, 0) is 6.54 Å². The number of halogens is 2. The molecule has 1 aromatic carbocycles. The summed E-state index contributed by atoms with van der Waals surface area (Å²) in [5.41, 5.74) is 0.794. The molecular weight excluding hydrogens is 307 g/mol. The Bertz CT molecular complexity index is 405. The molecule has 0 spiro atoms. The van der Waals surface area contributed by atoms with Crippen LogP contribution in [0.1, 0.15) is 31.7 Å². The van der Waals surface area contributed by atoms with E-state index < -0.39 is 0 Å². The fourth-order valence-electron chi connectivity index (χ4n) is 2.69. The van der Waals surface area contributed by atoms with Crippen molar-refractivity contribution < 1.29 is 4.39 Å². The molecule has 2 nitrogen and oxygen atoms in total. The first-order chi connectivity index (χ1) is 9.20. The Kier molecular flexibility index (Phi) is 5.79. The second-order valence-electron chi connectivity index (χ2n) is 5.21. The fraction of sp³-hybridized carbons (Fsp3) is 0.600. The number of benzene rings is 1. The first-order valence-electron chi connectivity index (χ1n) is 7.09. The van der Waals surface area contributed by atoms with Crippen LogP contribution in [0.5, 0.6) is 0 Å². The third kappa shape index (κ3) is 4.26. The molecule has 1 aromatic rings. The minimum atomic E-state index is -0.112. The molecule has 0 saturated carbocycles. The molecule has 4 heteroatoms. The first kappa shape index (κ1) is 14.9. The monoisotopic (exact) mass is 328 g/mol. The highest BCUT2D eigenvalue weighted by atomic mass is 79.9. The van der Waals surface area contributed by atoms with Crippen LogP contribution in [-0.4, -0.2) is 30.6 Å². The number of nitrogens with one attached hydrogen (secondary N) is 1. The van der Waals surface area contributed by atoms with Crippen molar-refractivity contribution in [3.63, 3.8) is 0 Å². The largest absolute Gasteiger partial charge is 0.315 e. The van der Waals surface area contributed by atoms with Gasteiger partial charge in [-0.2, -0.15) is 0 Å². The number of hydrogen-bond acceptors (Lipinski definition) is 2. The quantitative estimate of drug-likeness (QED) is 0.889. The highest BCUT2D eigenvalue weighted by Gasteiger charge is 2.21. The van der Waals surface area contributed by atoms with Gasteiger partial charge in [-0.15, -0.1) is 0 Å². The number of rotatable bonds is 5. The molecule has 1 N–H and O–H groups in total. The third-order valence-electron chi connectivity index (χ3n) is 3.69. The molecular formula is C15H22BrFN2. The van der Waals surface area contributed by atoms with Gasteiger partial charge in [-0.3, -0.25) is 4.90 Å². The predicted octanol–water partition coefficient (Wildman–Crippen LogP) is 3.55. The van der Waals surface area contributed by atoms with Crippen LogP contribution in [0, 0.1) is 5.82 Å². The van der Waals surface area contributed by atoms with Gasteiger partial charge in [0.15, 0.2) is 0 Å². The normalized spacial score (nSPS) is 19.9. The summed E-state index contributed by atoms with van der Waals surface area (Å²) < 4.78 is 14.7. The Morgan fingerprint density at radius 3 is 2.95 bits per heavy atom. The summed E-state index contributed by atoms with van der Waals surface area (Å²) in [6.45, 7) is 6.06. The van der Waals surface area contributed by atoms with Gasteiger partial charge in [0.2, 0.25) is 0 Å². The molecule has 1 unspecified atom stereocenters. The number of hydrogen-bond donors (Lipinski definition) is 1. The summed E-state index contributed by atoms with van der Waals surface area (Å²) in [5.74, 6) is -0.112. The van der Waals surface area contributed by atoms with E-state index >= 15 is 0 Å². The second-order valence-corrected chi connectivity index (χ2v) is 6.12. The van der Waals surface area contributed by atoms with Crippen LogP contribution in [0.2, 0.25) is 0 Å². The van der Waals surface area contributed by atoms with Gasteiger partial charge in [0.25, 0.3) is 0 Å². The third-order valence-corrected chi connectivity index (χ3v) is 4.18. The maximum Gasteiger partial charge on any atom is 0.128 e. The lowest BCUT2D eigenvalue weighted by Crippen LogP contribution is -2.46. The summed E-state index contributed by atoms with van der Waals surface area (Å²) in [7, 11) is 0. The SMILES string of the molecule is CCCN(Cc1ccc(Br)cc1F)C1CCCNC1. The predicted molar refractivity (Wildman–Crippen MR) is 80.7 cm³/mol. The smallest absolute Gasteiger partial charge is 0.128 e. The van der Waals surface area contributed by atoms with Crippen molar-refractivity contribution in [3.05, 3.63) is 34.1 Å². The zero-order chi connectivity index (χ0) is 13.7. The summed E-state index contributed by atoms with van der Waals surface area (Å²) in [6, 6.07) is 5.90. The molecule has 1 atom stereocenters. The van der Waals surface area contributed by atoms with Gasteiger partial charge in [0, 0.05) is 29.2 Å². The molecule has 1 aliphatic rings. The zero-order valence-corrected chi connectivity index (χ0v) is 13.0. The highest BCUT2D eigenvalue weighted by Crippen LogP contribution is 2.19. The van der Waals surface area contributed by atoms with Gasteiger partial charge in [0.05, 0.1) is 0 Å². The summed E-state index contributed by atoms with van der Waals surface area (Å²) >= 11 is 3.31. The van der Waals surface area contributed by atoms with Crippen LogP contribution in [0.25, 0.3) is 0 Å². The van der Waals surface area contributed by atoms with Gasteiger partial charge in [-0.1, -0.05) is 28.9 Å². The molecule has 0 aromatic heterocycles. The second kappa shape index (κ2) is 7.36. The van der Waals surface area contributed by atoms with Crippen LogP contribution in [0.15, 0.2) is 22.7 Å². The highest BCUT2D eigenvalue weighted by molar-refractivity contribution is 9.10. The molecule has 0 bridgehead atoms. The molecule has 0 radical (unpaired) electrons. The Morgan fingerprint density at radius 2 is 2.32 bits per heavy atom. The average Bonchev–Trinajstić information content (AvgIpc) is 2.42. The minimum Gasteiger partial charge on any atom is -0.315 e. The molecule has 1 aliphatic heterocycles. The van der Waals surface area contributed by atoms with Crippen molar-refractivity contribution in [2.75, 3.05) is 19.6 Å². The molecule has 0 aliphatic carbocycles. The molecule has 1 heterocycles. The van der Waals surface area contributed by atoms with E-state index in [1.54, 1.807) is 6.07 Å². The topological polar surface area (TPSA) is 15.3 Å². The number of nitrogens with zero attached hydrogens (tertiary/aromatic N) is 1. The van der Waals surface area contributed by atoms with Gasteiger partial charge in [0.1, 0.15) is 5.82 Å². The van der Waals surface area contributed by atoms with Crippen molar-refractivity contribution in [1.29, 1.82) is 0 Å². The summed E-state index contributed by atoms with van der Waals surface area (Å²) in [6.07, 6.45) is 3.54. The Hall–Kier alpha value is -0.450. The summed E-state index contributed by atoms with van der Waals surface area (Å²) in [5, 5.41) is 3.44. The Morgan fingerprint density at radius 1 is 1.47 bits per heavy atom. The zero-order valence-electron chi connectivity index (χ0n) is 11.5. The molecule has 2 rings (SSSR count). The minimum absolute atomic E-state index is 0.112. The molecule has 1 saturated heterocycles. The molecule has 0 amide bonds. The fourth-order valence-corrected chi connectivity index (χ4v) is 3.02. The van der Waals surface area contributed by atoms with Crippen molar-refractivity contribution in [2.24, 2.45) is 0 Å². The van der Waals surface area contributed by atoms with Crippen molar-refractivity contribution in [1.82, 2.24) is 10.2 Å². The van der Waals surface area contributed by atoms with E-state index in [1.807, 2.05) is 12.1 Å². The lowest BCUT2D eigenvalue weighted by molar-refractivity contribution is 0.156. The molecule has 1 fully saturated rings. The van der Waals surface area contributed by atoms with Crippen molar-refractivity contribution >= 4 is 15.9 Å². The van der Waals surface area contributed by atoms with E-state index in [4.69, 9.17) is 0 Å². The van der Waals surface area contributed by atoms with E-state index in [1.165, 1.54) is 12.8 Å². The standard InChI is InChI=1S/C15H22BrFN2/c1-2-8-19(14-4-3-7-18-10-14)11-12-5-6-13(16)9-15(12)17/h5-6,9,14,18H,2-4,7-8,10-11H2,1H3. The average molecular weight is 329 g/mol. The lowest BCUT2D eigenvalue weighted by Gasteiger charge is -2.34. The van der Waals surface area contributed by atoms with E-state index in [0.29, 0.717) is 12.6 Å². The maximum absolute atomic E-state index is 13.9. The van der Waals surface area contributed by atoms with Crippen LogP contribution < -0.4 is 5.32 Å². The molecule has 19 heavy (non-hydrogen) atoms. The Balaban J connectivity index is 2.06. The van der Waals surface area contributed by atoms with Gasteiger partial charge in [-0.05, 0) is 44.5 Å². The number of piperidine rings is 1. The Labute approximate surface area is 123 Å². The maximum atomic E-state index is 13.9. The van der Waals surface area contributed by atoms with Crippen LogP contribution in [0.3, 0.4) is 0 Å². The van der Waals surface area contributed by atoms with Crippen LogP contribution >= 0.6 is 15.9 Å². The van der Waals surface area contributed by atoms with Gasteiger partial charge < -0.3 is 5.32 Å². The van der Waals surface area contributed by atoms with Crippen LogP contribution in [0.4, 0.5) is 4.39 Å². The van der Waals surface area contributed by atoms with Crippen molar-refractivity contribution in [2.45, 2.75) is 38.8 Å². The van der Waals surface area contributed by atoms with E-state index in [9.17, 15) is 4.39 Å². The van der Waals surface area contributed by atoms with Crippen molar-refractivity contribution in [3.8, 4) is 0 Å². The van der Waals surface area contributed by atoms with E-state index in [-0.39, 0.29) is 5.82 Å². The van der Waals surface area contributed by atoms with E-state index in [0.717, 1.165) is 36.1 Å². The van der Waals surface area contributed by atoms with Gasteiger partial charge >= 0.3 is 0 Å².